The van der Waals surface area contributed by atoms with Gasteiger partial charge in [0.15, 0.2) is 17.6 Å². The topological polar surface area (TPSA) is 122 Å². The van der Waals surface area contributed by atoms with Gasteiger partial charge in [0.25, 0.3) is 5.56 Å². The molecule has 0 fully saturated rings. The lowest BCUT2D eigenvalue weighted by Gasteiger charge is -2.18. The van der Waals surface area contributed by atoms with E-state index in [0.29, 0.717) is 16.8 Å². The number of hydrogen-bond donors (Lipinski definition) is 2. The quantitative estimate of drug-likeness (QED) is 0.811. The molecular formula is C18H18N2O6. The number of rotatable bonds is 6. The van der Waals surface area contributed by atoms with E-state index in [1.807, 2.05) is 6.07 Å². The third kappa shape index (κ3) is 3.62. The first-order valence-corrected chi connectivity index (χ1v) is 7.62. The van der Waals surface area contributed by atoms with E-state index in [1.54, 1.807) is 25.1 Å². The molecule has 2 N–H and O–H groups in total. The Morgan fingerprint density at radius 2 is 1.81 bits per heavy atom. The first-order valence-electron chi connectivity index (χ1n) is 7.62. The van der Waals surface area contributed by atoms with Crippen LogP contribution in [0.3, 0.4) is 0 Å². The van der Waals surface area contributed by atoms with Crippen LogP contribution in [0.4, 0.5) is 0 Å². The SMILES string of the molecule is COc1cc(-c2cc(C)[nH]c(=O)c2C#N)cc(OC)c1OC(C)C(=O)O. The van der Waals surface area contributed by atoms with Gasteiger partial charge in [-0.05, 0) is 37.6 Å². The van der Waals surface area contributed by atoms with Crippen molar-refractivity contribution in [3.63, 3.8) is 0 Å². The third-order valence-corrected chi connectivity index (χ3v) is 3.69. The summed E-state index contributed by atoms with van der Waals surface area (Å²) in [5.41, 5.74) is 0.942. The number of carbonyl (C=O) groups is 1. The molecule has 136 valence electrons. The lowest BCUT2D eigenvalue weighted by Crippen LogP contribution is -2.23. The van der Waals surface area contributed by atoms with Crippen LogP contribution in [-0.4, -0.2) is 36.4 Å². The van der Waals surface area contributed by atoms with Crippen LogP contribution in [0.1, 0.15) is 18.2 Å². The number of nitrogens with one attached hydrogen (secondary N) is 1. The van der Waals surface area contributed by atoms with E-state index in [9.17, 15) is 14.9 Å². The smallest absolute Gasteiger partial charge is 0.344 e. The maximum absolute atomic E-state index is 12.0. The second-order valence-corrected chi connectivity index (χ2v) is 5.49. The Morgan fingerprint density at radius 3 is 2.27 bits per heavy atom. The fourth-order valence-electron chi connectivity index (χ4n) is 2.41. The second-order valence-electron chi connectivity index (χ2n) is 5.49. The summed E-state index contributed by atoms with van der Waals surface area (Å²) >= 11 is 0. The Hall–Kier alpha value is -3.47. The predicted octanol–water partition coefficient (Wildman–Crippen LogP) is 2.09. The average Bonchev–Trinajstić information content (AvgIpc) is 2.60. The Balaban J connectivity index is 2.69. The van der Waals surface area contributed by atoms with Crippen molar-refractivity contribution in [2.24, 2.45) is 0 Å². The molecule has 0 saturated carbocycles. The molecule has 0 radical (unpaired) electrons. The van der Waals surface area contributed by atoms with Gasteiger partial charge in [0.05, 0.1) is 14.2 Å². The summed E-state index contributed by atoms with van der Waals surface area (Å²) in [4.78, 5) is 25.7. The van der Waals surface area contributed by atoms with Crippen LogP contribution < -0.4 is 19.8 Å². The molecule has 1 unspecified atom stereocenters. The summed E-state index contributed by atoms with van der Waals surface area (Å²) in [6.45, 7) is 3.08. The molecule has 0 saturated heterocycles. The molecule has 0 aliphatic rings. The predicted molar refractivity (Wildman–Crippen MR) is 92.8 cm³/mol. The number of carboxylic acid groups (broad SMARTS) is 1. The summed E-state index contributed by atoms with van der Waals surface area (Å²) in [5, 5.41) is 18.4. The molecule has 0 amide bonds. The van der Waals surface area contributed by atoms with Crippen molar-refractivity contribution in [2.45, 2.75) is 20.0 Å². The standard InChI is InChI=1S/C18H18N2O6/c1-9-5-12(13(8-19)17(21)20-9)11-6-14(24-3)16(15(7-11)25-4)26-10(2)18(22)23/h5-7,10H,1-4H3,(H,20,21)(H,22,23). The molecule has 0 aliphatic carbocycles. The van der Waals surface area contributed by atoms with Gasteiger partial charge < -0.3 is 24.3 Å². The van der Waals surface area contributed by atoms with Crippen LogP contribution >= 0.6 is 0 Å². The fraction of sp³-hybridized carbons (Fsp3) is 0.278. The highest BCUT2D eigenvalue weighted by Crippen LogP contribution is 2.42. The number of nitriles is 1. The maximum atomic E-state index is 12.0. The van der Waals surface area contributed by atoms with E-state index in [1.165, 1.54) is 21.1 Å². The van der Waals surface area contributed by atoms with Crippen LogP contribution in [0.25, 0.3) is 11.1 Å². The highest BCUT2D eigenvalue weighted by Gasteiger charge is 2.22. The molecular weight excluding hydrogens is 340 g/mol. The summed E-state index contributed by atoms with van der Waals surface area (Å²) in [5.74, 6) is -0.590. The van der Waals surface area contributed by atoms with Gasteiger partial charge in [0.1, 0.15) is 11.6 Å². The first kappa shape index (κ1) is 18.9. The molecule has 8 nitrogen and oxygen atoms in total. The van der Waals surface area contributed by atoms with Gasteiger partial charge in [-0.2, -0.15) is 5.26 Å². The molecule has 1 aromatic heterocycles. The van der Waals surface area contributed by atoms with Gasteiger partial charge in [-0.15, -0.1) is 0 Å². The molecule has 0 aliphatic heterocycles. The lowest BCUT2D eigenvalue weighted by atomic mass is 10.00. The van der Waals surface area contributed by atoms with Gasteiger partial charge in [0, 0.05) is 11.3 Å². The Labute approximate surface area is 149 Å². The van der Waals surface area contributed by atoms with E-state index in [2.05, 4.69) is 4.98 Å². The molecule has 2 aromatic rings. The van der Waals surface area contributed by atoms with Crippen molar-refractivity contribution in [3.8, 4) is 34.4 Å². The van der Waals surface area contributed by atoms with Gasteiger partial charge in [-0.25, -0.2) is 4.79 Å². The number of aliphatic carboxylic acids is 1. The summed E-state index contributed by atoms with van der Waals surface area (Å²) in [6.07, 6.45) is -1.12. The van der Waals surface area contributed by atoms with Crippen LogP contribution in [0.2, 0.25) is 0 Å². The third-order valence-electron chi connectivity index (χ3n) is 3.69. The van der Waals surface area contributed by atoms with Gasteiger partial charge >= 0.3 is 5.97 Å². The number of carboxylic acids is 1. The van der Waals surface area contributed by atoms with Crippen molar-refractivity contribution in [1.82, 2.24) is 4.98 Å². The van der Waals surface area contributed by atoms with Crippen LogP contribution in [0.15, 0.2) is 23.0 Å². The Kier molecular flexibility index (Phi) is 5.52. The molecule has 8 heteroatoms. The zero-order chi connectivity index (χ0) is 19.4. The van der Waals surface area contributed by atoms with E-state index in [0.717, 1.165) is 0 Å². The number of aromatic amines is 1. The van der Waals surface area contributed by atoms with Gasteiger partial charge in [-0.3, -0.25) is 4.79 Å². The molecule has 1 heterocycles. The first-order chi connectivity index (χ1) is 12.3. The number of H-pyrrole nitrogens is 1. The average molecular weight is 358 g/mol. The zero-order valence-electron chi connectivity index (χ0n) is 14.7. The number of methoxy groups -OCH3 is 2. The van der Waals surface area contributed by atoms with E-state index < -0.39 is 17.6 Å². The van der Waals surface area contributed by atoms with Crippen LogP contribution in [-0.2, 0) is 4.79 Å². The minimum atomic E-state index is -1.14. The summed E-state index contributed by atoms with van der Waals surface area (Å²) in [6, 6.07) is 6.67. The van der Waals surface area contributed by atoms with Crippen molar-refractivity contribution in [2.75, 3.05) is 14.2 Å². The normalized spacial score (nSPS) is 11.3. The highest BCUT2D eigenvalue weighted by atomic mass is 16.6. The minimum absolute atomic E-state index is 0.0488. The van der Waals surface area contributed by atoms with Crippen molar-refractivity contribution in [3.05, 3.63) is 39.8 Å². The number of hydrogen-bond acceptors (Lipinski definition) is 6. The van der Waals surface area contributed by atoms with Gasteiger partial charge in [0.2, 0.25) is 5.75 Å². The Bertz CT molecular complexity index is 917. The zero-order valence-corrected chi connectivity index (χ0v) is 14.7. The second kappa shape index (κ2) is 7.61. The highest BCUT2D eigenvalue weighted by molar-refractivity contribution is 5.76. The van der Waals surface area contributed by atoms with Crippen molar-refractivity contribution < 1.29 is 24.1 Å². The number of aromatic nitrogens is 1. The number of nitrogens with zero attached hydrogens (tertiary/aromatic N) is 1. The molecule has 0 bridgehead atoms. The molecule has 1 aromatic carbocycles. The number of ether oxygens (including phenoxy) is 3. The minimum Gasteiger partial charge on any atom is -0.493 e. The van der Waals surface area contributed by atoms with Crippen LogP contribution in [0.5, 0.6) is 17.2 Å². The number of pyridine rings is 1. The largest absolute Gasteiger partial charge is 0.493 e. The van der Waals surface area contributed by atoms with E-state index in [-0.39, 0.29) is 22.8 Å². The molecule has 26 heavy (non-hydrogen) atoms. The van der Waals surface area contributed by atoms with Gasteiger partial charge in [-0.1, -0.05) is 0 Å². The maximum Gasteiger partial charge on any atom is 0.344 e. The van der Waals surface area contributed by atoms with Crippen molar-refractivity contribution >= 4 is 5.97 Å². The monoisotopic (exact) mass is 358 g/mol. The van der Waals surface area contributed by atoms with E-state index in [4.69, 9.17) is 19.3 Å². The molecule has 0 spiro atoms. The molecule has 2 rings (SSSR count). The molecule has 1 atom stereocenters. The summed E-state index contributed by atoms with van der Waals surface area (Å²) in [7, 11) is 2.79. The fourth-order valence-corrected chi connectivity index (χ4v) is 2.41. The van der Waals surface area contributed by atoms with Crippen molar-refractivity contribution in [1.29, 1.82) is 5.26 Å². The van der Waals surface area contributed by atoms with E-state index >= 15 is 0 Å². The lowest BCUT2D eigenvalue weighted by molar-refractivity contribution is -0.144. The summed E-state index contributed by atoms with van der Waals surface area (Å²) < 4.78 is 16.0. The number of aryl methyl sites for hydroxylation is 1. The van der Waals surface area contributed by atoms with Crippen LogP contribution in [0, 0.1) is 18.3 Å². The number of benzene rings is 1. The Morgan fingerprint density at radius 1 is 1.23 bits per heavy atom.